The Kier molecular flexibility index (Phi) is 3.20. The van der Waals surface area contributed by atoms with Gasteiger partial charge in [0.25, 0.3) is 5.56 Å². The molecule has 0 amide bonds. The minimum Gasteiger partial charge on any atom is -0.321 e. The van der Waals surface area contributed by atoms with E-state index in [1.54, 1.807) is 6.20 Å². The molecule has 110 valence electrons. The predicted molar refractivity (Wildman–Crippen MR) is 91.0 cm³/mol. The second-order valence-electron chi connectivity index (χ2n) is 5.24. The van der Waals surface area contributed by atoms with Crippen LogP contribution in [0.2, 0.25) is 0 Å². The quantitative estimate of drug-likeness (QED) is 0.614. The highest BCUT2D eigenvalue weighted by Crippen LogP contribution is 2.20. The second kappa shape index (κ2) is 5.50. The third-order valence-corrected chi connectivity index (χ3v) is 3.71. The average Bonchev–Trinajstić information content (AvgIpc) is 2.63. The topological polar surface area (TPSA) is 58.6 Å². The maximum absolute atomic E-state index is 12.3. The standard InChI is InChI=1S/C19H13N3O/c23-19-15-12-20-18(14-9-5-2-6-10-14)21-17(15)11-16(22-19)13-7-3-1-4-8-13/h1-12H,(H,22,23). The van der Waals surface area contributed by atoms with Crippen molar-refractivity contribution >= 4 is 10.9 Å². The van der Waals surface area contributed by atoms with Crippen LogP contribution in [0, 0.1) is 0 Å². The van der Waals surface area contributed by atoms with E-state index in [0.717, 1.165) is 16.8 Å². The van der Waals surface area contributed by atoms with Gasteiger partial charge in [0, 0.05) is 11.8 Å². The number of nitrogens with zero attached hydrogens (tertiary/aromatic N) is 2. The molecule has 0 aliphatic heterocycles. The number of H-pyrrole nitrogens is 1. The van der Waals surface area contributed by atoms with Crippen molar-refractivity contribution in [3.05, 3.63) is 83.3 Å². The number of aromatic amines is 1. The lowest BCUT2D eigenvalue weighted by Crippen LogP contribution is -2.09. The number of hydrogen-bond acceptors (Lipinski definition) is 3. The first kappa shape index (κ1) is 13.4. The number of rotatable bonds is 2. The van der Waals surface area contributed by atoms with Gasteiger partial charge in [0.05, 0.1) is 16.6 Å². The van der Waals surface area contributed by atoms with Crippen LogP contribution in [0.15, 0.2) is 77.7 Å². The van der Waals surface area contributed by atoms with Gasteiger partial charge in [-0.25, -0.2) is 9.97 Å². The van der Waals surface area contributed by atoms with Crippen LogP contribution < -0.4 is 5.56 Å². The van der Waals surface area contributed by atoms with Gasteiger partial charge < -0.3 is 4.98 Å². The molecule has 2 heterocycles. The molecular formula is C19H13N3O. The van der Waals surface area contributed by atoms with E-state index in [-0.39, 0.29) is 5.56 Å². The fraction of sp³-hybridized carbons (Fsp3) is 0. The first-order chi connectivity index (χ1) is 11.3. The Morgan fingerprint density at radius 2 is 1.48 bits per heavy atom. The van der Waals surface area contributed by atoms with Gasteiger partial charge in [0.15, 0.2) is 5.82 Å². The van der Waals surface area contributed by atoms with Gasteiger partial charge in [0.2, 0.25) is 0 Å². The highest BCUT2D eigenvalue weighted by Gasteiger charge is 2.08. The van der Waals surface area contributed by atoms with Crippen molar-refractivity contribution in [2.45, 2.75) is 0 Å². The van der Waals surface area contributed by atoms with Gasteiger partial charge in [-0.3, -0.25) is 4.79 Å². The van der Waals surface area contributed by atoms with E-state index in [4.69, 9.17) is 0 Å². The predicted octanol–water partition coefficient (Wildman–Crippen LogP) is 3.65. The summed E-state index contributed by atoms with van der Waals surface area (Å²) in [5.74, 6) is 0.614. The SMILES string of the molecule is O=c1[nH]c(-c2ccccc2)cc2nc(-c3ccccc3)ncc12. The number of nitrogens with one attached hydrogen (secondary N) is 1. The molecule has 0 unspecified atom stereocenters. The summed E-state index contributed by atoms with van der Waals surface area (Å²) in [5.41, 5.74) is 3.09. The van der Waals surface area contributed by atoms with Gasteiger partial charge in [-0.1, -0.05) is 60.7 Å². The lowest BCUT2D eigenvalue weighted by Gasteiger charge is -2.05. The van der Waals surface area contributed by atoms with Crippen LogP contribution in [0.3, 0.4) is 0 Å². The van der Waals surface area contributed by atoms with E-state index in [0.29, 0.717) is 16.7 Å². The first-order valence-corrected chi connectivity index (χ1v) is 7.32. The molecular weight excluding hydrogens is 286 g/mol. The van der Waals surface area contributed by atoms with Crippen molar-refractivity contribution in [1.82, 2.24) is 15.0 Å². The summed E-state index contributed by atoms with van der Waals surface area (Å²) < 4.78 is 0. The third kappa shape index (κ3) is 2.51. The Morgan fingerprint density at radius 3 is 2.17 bits per heavy atom. The van der Waals surface area contributed by atoms with Crippen molar-refractivity contribution in [3.63, 3.8) is 0 Å². The lowest BCUT2D eigenvalue weighted by molar-refractivity contribution is 1.19. The molecule has 4 nitrogen and oxygen atoms in total. The summed E-state index contributed by atoms with van der Waals surface area (Å²) in [6, 6.07) is 21.3. The number of hydrogen-bond donors (Lipinski definition) is 1. The van der Waals surface area contributed by atoms with E-state index in [2.05, 4.69) is 15.0 Å². The molecule has 4 heteroatoms. The van der Waals surface area contributed by atoms with Crippen LogP contribution in [0.5, 0.6) is 0 Å². The van der Waals surface area contributed by atoms with Crippen molar-refractivity contribution in [3.8, 4) is 22.6 Å². The summed E-state index contributed by atoms with van der Waals surface area (Å²) in [6.07, 6.45) is 1.58. The monoisotopic (exact) mass is 299 g/mol. The van der Waals surface area contributed by atoms with Gasteiger partial charge in [0.1, 0.15) is 0 Å². The van der Waals surface area contributed by atoms with Crippen molar-refractivity contribution < 1.29 is 0 Å². The van der Waals surface area contributed by atoms with Crippen LogP contribution >= 0.6 is 0 Å². The normalized spacial score (nSPS) is 10.8. The van der Waals surface area contributed by atoms with Gasteiger partial charge in [-0.2, -0.15) is 0 Å². The Balaban J connectivity index is 1.92. The molecule has 1 N–H and O–H groups in total. The zero-order valence-corrected chi connectivity index (χ0v) is 12.2. The van der Waals surface area contributed by atoms with Crippen LogP contribution in [0.4, 0.5) is 0 Å². The number of aromatic nitrogens is 3. The molecule has 0 aliphatic rings. The molecule has 0 spiro atoms. The van der Waals surface area contributed by atoms with Crippen LogP contribution in [-0.2, 0) is 0 Å². The maximum Gasteiger partial charge on any atom is 0.259 e. The number of pyridine rings is 1. The first-order valence-electron chi connectivity index (χ1n) is 7.32. The van der Waals surface area contributed by atoms with E-state index in [9.17, 15) is 4.79 Å². The van der Waals surface area contributed by atoms with E-state index >= 15 is 0 Å². The zero-order valence-electron chi connectivity index (χ0n) is 12.2. The second-order valence-corrected chi connectivity index (χ2v) is 5.24. The third-order valence-electron chi connectivity index (χ3n) is 3.71. The van der Waals surface area contributed by atoms with Crippen LogP contribution in [0.25, 0.3) is 33.5 Å². The Labute approximate surface area is 132 Å². The smallest absolute Gasteiger partial charge is 0.259 e. The van der Waals surface area contributed by atoms with Crippen molar-refractivity contribution in [2.24, 2.45) is 0 Å². The van der Waals surface area contributed by atoms with Gasteiger partial charge >= 0.3 is 0 Å². The maximum atomic E-state index is 12.3. The van der Waals surface area contributed by atoms with E-state index < -0.39 is 0 Å². The van der Waals surface area contributed by atoms with Crippen molar-refractivity contribution in [1.29, 1.82) is 0 Å². The lowest BCUT2D eigenvalue weighted by atomic mass is 10.1. The summed E-state index contributed by atoms with van der Waals surface area (Å²) >= 11 is 0. The summed E-state index contributed by atoms with van der Waals surface area (Å²) in [6.45, 7) is 0. The Bertz CT molecular complexity index is 1020. The molecule has 0 bridgehead atoms. The Hall–Kier alpha value is -3.27. The van der Waals surface area contributed by atoms with Gasteiger partial charge in [-0.05, 0) is 11.6 Å². The highest BCUT2D eigenvalue weighted by molar-refractivity contribution is 5.82. The molecule has 0 aliphatic carbocycles. The molecule has 2 aromatic heterocycles. The molecule has 4 rings (SSSR count). The zero-order chi connectivity index (χ0) is 15.6. The van der Waals surface area contributed by atoms with E-state index in [1.807, 2.05) is 66.7 Å². The number of fused-ring (bicyclic) bond motifs is 1. The minimum atomic E-state index is -0.180. The molecule has 0 radical (unpaired) electrons. The molecule has 0 fully saturated rings. The molecule has 0 saturated carbocycles. The molecule has 23 heavy (non-hydrogen) atoms. The fourth-order valence-corrected chi connectivity index (χ4v) is 2.54. The molecule has 0 saturated heterocycles. The van der Waals surface area contributed by atoms with Crippen LogP contribution in [-0.4, -0.2) is 15.0 Å². The Morgan fingerprint density at radius 1 is 0.826 bits per heavy atom. The minimum absolute atomic E-state index is 0.180. The summed E-state index contributed by atoms with van der Waals surface area (Å²) in [5, 5.41) is 0.490. The number of benzene rings is 2. The van der Waals surface area contributed by atoms with E-state index in [1.165, 1.54) is 0 Å². The van der Waals surface area contributed by atoms with Crippen molar-refractivity contribution in [2.75, 3.05) is 0 Å². The molecule has 4 aromatic rings. The van der Waals surface area contributed by atoms with Crippen LogP contribution in [0.1, 0.15) is 0 Å². The summed E-state index contributed by atoms with van der Waals surface area (Å²) in [7, 11) is 0. The highest BCUT2D eigenvalue weighted by atomic mass is 16.1. The largest absolute Gasteiger partial charge is 0.321 e. The fourth-order valence-electron chi connectivity index (χ4n) is 2.54. The van der Waals surface area contributed by atoms with Gasteiger partial charge in [-0.15, -0.1) is 0 Å². The average molecular weight is 299 g/mol. The molecule has 2 aromatic carbocycles. The summed E-state index contributed by atoms with van der Waals surface area (Å²) in [4.78, 5) is 24.0. The molecule has 0 atom stereocenters.